The van der Waals surface area contributed by atoms with Crippen LogP contribution in [0.4, 0.5) is 13.2 Å². The maximum absolute atomic E-state index is 15.6. The van der Waals surface area contributed by atoms with Gasteiger partial charge in [-0.3, -0.25) is 4.90 Å². The lowest BCUT2D eigenvalue weighted by atomic mass is 9.90. The van der Waals surface area contributed by atoms with E-state index in [2.05, 4.69) is 15.0 Å². The zero-order valence-electron chi connectivity index (χ0n) is 19.1. The maximum Gasteiger partial charge on any atom is 0.338 e. The molecule has 2 aromatic heterocycles. The van der Waals surface area contributed by atoms with E-state index in [-0.39, 0.29) is 29.1 Å². The van der Waals surface area contributed by atoms with E-state index < -0.39 is 29.3 Å². The summed E-state index contributed by atoms with van der Waals surface area (Å²) < 4.78 is 46.0. The Hall–Kier alpha value is -3.72. The third kappa shape index (κ3) is 4.27. The fourth-order valence-corrected chi connectivity index (χ4v) is 4.83. The summed E-state index contributed by atoms with van der Waals surface area (Å²) in [4.78, 5) is 24.0. The minimum absolute atomic E-state index is 0.00366. The Bertz CT molecular complexity index is 1400. The van der Waals surface area contributed by atoms with Crippen molar-refractivity contribution in [1.82, 2.24) is 19.9 Å². The van der Waals surface area contributed by atoms with Gasteiger partial charge in [0.1, 0.15) is 17.3 Å². The third-order valence-electron chi connectivity index (χ3n) is 6.22. The number of nitrogens with one attached hydrogen (secondary N) is 1. The number of rotatable bonds is 5. The first-order valence-corrected chi connectivity index (χ1v) is 11.2. The minimum Gasteiger partial charge on any atom is -0.478 e. The van der Waals surface area contributed by atoms with Crippen LogP contribution in [-0.2, 0) is 6.42 Å². The maximum atomic E-state index is 15.6. The van der Waals surface area contributed by atoms with Crippen LogP contribution in [0.15, 0.2) is 48.8 Å². The zero-order chi connectivity index (χ0) is 24.9. The lowest BCUT2D eigenvalue weighted by Gasteiger charge is -2.38. The number of halogens is 3. The number of H-pyrrole nitrogens is 1. The van der Waals surface area contributed by atoms with Gasteiger partial charge in [0.15, 0.2) is 5.82 Å². The summed E-state index contributed by atoms with van der Waals surface area (Å²) in [5.74, 6) is -2.84. The number of para-hydroxylation sites is 1. The molecule has 1 unspecified atom stereocenters. The quantitative estimate of drug-likeness (QED) is 0.405. The van der Waals surface area contributed by atoms with Crippen molar-refractivity contribution in [2.75, 3.05) is 13.1 Å². The Morgan fingerprint density at radius 1 is 1.17 bits per heavy atom. The molecule has 0 radical (unpaired) electrons. The molecule has 1 aliphatic heterocycles. The largest absolute Gasteiger partial charge is 0.478 e. The van der Waals surface area contributed by atoms with Gasteiger partial charge in [-0.15, -0.1) is 0 Å². The molecular formula is C26H23F3N4O2. The number of fused-ring (bicyclic) bond motifs is 3. The summed E-state index contributed by atoms with van der Waals surface area (Å²) >= 11 is 0. The molecule has 0 aliphatic carbocycles. The van der Waals surface area contributed by atoms with Gasteiger partial charge in [-0.2, -0.15) is 0 Å². The first kappa shape index (κ1) is 23.0. The Kier molecular flexibility index (Phi) is 5.59. The van der Waals surface area contributed by atoms with Crippen LogP contribution in [0.5, 0.6) is 0 Å². The monoisotopic (exact) mass is 480 g/mol. The molecule has 5 rings (SSSR count). The van der Waals surface area contributed by atoms with Gasteiger partial charge in [0, 0.05) is 53.2 Å². The van der Waals surface area contributed by atoms with Crippen molar-refractivity contribution in [1.29, 1.82) is 0 Å². The molecule has 0 fully saturated rings. The van der Waals surface area contributed by atoms with E-state index in [0.717, 1.165) is 41.0 Å². The minimum atomic E-state index is -1.58. The van der Waals surface area contributed by atoms with Crippen LogP contribution in [0.1, 0.15) is 47.1 Å². The number of carbonyl (C=O) groups is 1. The van der Waals surface area contributed by atoms with Crippen molar-refractivity contribution in [3.8, 4) is 11.4 Å². The molecule has 0 saturated heterocycles. The fourth-order valence-electron chi connectivity index (χ4n) is 4.83. The Morgan fingerprint density at radius 3 is 2.46 bits per heavy atom. The normalized spacial score (nSPS) is 16.4. The third-order valence-corrected chi connectivity index (χ3v) is 6.22. The second kappa shape index (κ2) is 8.49. The summed E-state index contributed by atoms with van der Waals surface area (Å²) in [5.41, 5.74) is 0.647. The molecule has 2 aromatic carbocycles. The smallest absolute Gasteiger partial charge is 0.338 e. The van der Waals surface area contributed by atoms with E-state index in [9.17, 15) is 9.18 Å². The SMILES string of the molecule is CC(C)(F)CN1CCc2c([nH]c3ccccc23)C1c1c(F)cc(-c2ncc(C(=O)O)cn2)cc1F. The Morgan fingerprint density at radius 2 is 1.83 bits per heavy atom. The molecule has 180 valence electrons. The predicted molar refractivity (Wildman–Crippen MR) is 125 cm³/mol. The highest BCUT2D eigenvalue weighted by molar-refractivity contribution is 5.87. The van der Waals surface area contributed by atoms with Crippen LogP contribution in [0.3, 0.4) is 0 Å². The number of carboxylic acids is 1. The number of aromatic carboxylic acids is 1. The first-order chi connectivity index (χ1) is 16.6. The standard InChI is InChI=1S/C26H23F3N4O2/c1-26(2,29)13-33-8-7-17-16-5-3-4-6-20(16)32-22(17)23(33)21-18(27)9-14(10-19(21)28)24-30-11-15(12-31-24)25(34)35/h3-6,9-12,23,32H,7-8,13H2,1-2H3,(H,34,35). The highest BCUT2D eigenvalue weighted by Gasteiger charge is 2.38. The van der Waals surface area contributed by atoms with E-state index in [0.29, 0.717) is 18.7 Å². The Labute approximate surface area is 199 Å². The van der Waals surface area contributed by atoms with Crippen LogP contribution >= 0.6 is 0 Å². The van der Waals surface area contributed by atoms with Gasteiger partial charge in [-0.05, 0) is 44.0 Å². The van der Waals surface area contributed by atoms with E-state index in [1.54, 1.807) is 4.90 Å². The topological polar surface area (TPSA) is 82.1 Å². The van der Waals surface area contributed by atoms with Crippen LogP contribution < -0.4 is 0 Å². The molecule has 0 amide bonds. The van der Waals surface area contributed by atoms with Crippen molar-refractivity contribution < 1.29 is 23.1 Å². The van der Waals surface area contributed by atoms with Crippen LogP contribution in [0.25, 0.3) is 22.3 Å². The van der Waals surface area contributed by atoms with E-state index in [1.807, 2.05) is 24.3 Å². The molecule has 0 saturated carbocycles. The van der Waals surface area contributed by atoms with Crippen LogP contribution in [0.2, 0.25) is 0 Å². The summed E-state index contributed by atoms with van der Waals surface area (Å²) in [7, 11) is 0. The van der Waals surface area contributed by atoms with Crippen LogP contribution in [-0.4, -0.2) is 49.7 Å². The van der Waals surface area contributed by atoms with Crippen molar-refractivity contribution in [2.45, 2.75) is 32.0 Å². The van der Waals surface area contributed by atoms with Gasteiger partial charge in [0.2, 0.25) is 0 Å². The zero-order valence-corrected chi connectivity index (χ0v) is 19.1. The second-order valence-electron chi connectivity index (χ2n) is 9.36. The first-order valence-electron chi connectivity index (χ1n) is 11.2. The number of nitrogens with zero attached hydrogens (tertiary/aromatic N) is 3. The number of carboxylic acid groups (broad SMARTS) is 1. The number of alkyl halides is 1. The molecule has 4 aromatic rings. The van der Waals surface area contributed by atoms with Crippen molar-refractivity contribution in [3.63, 3.8) is 0 Å². The molecule has 1 atom stereocenters. The van der Waals surface area contributed by atoms with Gasteiger partial charge in [-0.25, -0.2) is 27.9 Å². The van der Waals surface area contributed by atoms with Gasteiger partial charge in [0.05, 0.1) is 11.6 Å². The van der Waals surface area contributed by atoms with Crippen molar-refractivity contribution >= 4 is 16.9 Å². The van der Waals surface area contributed by atoms with Crippen LogP contribution in [0, 0.1) is 11.6 Å². The number of aromatic amines is 1. The lowest BCUT2D eigenvalue weighted by Crippen LogP contribution is -2.43. The molecule has 9 heteroatoms. The number of hydrogen-bond donors (Lipinski definition) is 2. The molecular weight excluding hydrogens is 457 g/mol. The lowest BCUT2D eigenvalue weighted by molar-refractivity contribution is 0.0696. The Balaban J connectivity index is 1.63. The van der Waals surface area contributed by atoms with Gasteiger partial charge >= 0.3 is 5.97 Å². The molecule has 35 heavy (non-hydrogen) atoms. The number of benzene rings is 2. The summed E-state index contributed by atoms with van der Waals surface area (Å²) in [6.07, 6.45) is 2.78. The molecule has 2 N–H and O–H groups in total. The average molecular weight is 480 g/mol. The van der Waals surface area contributed by atoms with E-state index >= 15 is 8.78 Å². The van der Waals surface area contributed by atoms with Gasteiger partial charge in [-0.1, -0.05) is 18.2 Å². The van der Waals surface area contributed by atoms with E-state index in [1.165, 1.54) is 13.8 Å². The van der Waals surface area contributed by atoms with E-state index in [4.69, 9.17) is 5.11 Å². The molecule has 0 bridgehead atoms. The molecule has 1 aliphatic rings. The van der Waals surface area contributed by atoms with Crippen molar-refractivity contribution in [3.05, 3.63) is 82.8 Å². The van der Waals surface area contributed by atoms with Gasteiger partial charge in [0.25, 0.3) is 0 Å². The summed E-state index contributed by atoms with van der Waals surface area (Å²) in [5, 5.41) is 10.0. The van der Waals surface area contributed by atoms with Gasteiger partial charge < -0.3 is 10.1 Å². The summed E-state index contributed by atoms with van der Waals surface area (Å²) in [6.45, 7) is 3.32. The second-order valence-corrected chi connectivity index (χ2v) is 9.36. The highest BCUT2D eigenvalue weighted by Crippen LogP contribution is 2.41. The molecule has 3 heterocycles. The number of hydrogen-bond acceptors (Lipinski definition) is 4. The summed E-state index contributed by atoms with van der Waals surface area (Å²) in [6, 6.07) is 9.06. The molecule has 0 spiro atoms. The average Bonchev–Trinajstić information content (AvgIpc) is 3.17. The highest BCUT2D eigenvalue weighted by atomic mass is 19.1. The predicted octanol–water partition coefficient (Wildman–Crippen LogP) is 5.30. The molecule has 6 nitrogen and oxygen atoms in total. The fraction of sp³-hybridized carbons (Fsp3) is 0.269. The van der Waals surface area contributed by atoms with Crippen molar-refractivity contribution in [2.24, 2.45) is 0 Å². The number of aromatic nitrogens is 3.